The lowest BCUT2D eigenvalue weighted by Crippen LogP contribution is -2.42. The number of carbonyl (C=O) groups excluding carboxylic acids is 1. The van der Waals surface area contributed by atoms with Crippen LogP contribution in [-0.4, -0.2) is 74.9 Å². The number of nitrogens with zero attached hydrogens (tertiary/aromatic N) is 2. The van der Waals surface area contributed by atoms with Crippen molar-refractivity contribution in [2.45, 2.75) is 39.7 Å². The van der Waals surface area contributed by atoms with Crippen LogP contribution < -0.4 is 0 Å². The van der Waals surface area contributed by atoms with Crippen molar-refractivity contribution in [2.75, 3.05) is 53.0 Å². The third-order valence-electron chi connectivity index (χ3n) is 4.70. The molecule has 0 spiro atoms. The standard InChI is InChI=1S/C21H35ClN2O3/c1-5-23(6-2)12-13-24(17-18(3)26-4)21(25)11-15-27-14-10-19-8-7-9-20(22)16-19/h7-9,16,18H,5-6,10-15,17H2,1-4H3. The maximum absolute atomic E-state index is 12.6. The average molecular weight is 399 g/mol. The number of hydrogen-bond donors (Lipinski definition) is 0. The summed E-state index contributed by atoms with van der Waals surface area (Å²) in [5.41, 5.74) is 1.14. The normalized spacial score (nSPS) is 12.4. The molecule has 27 heavy (non-hydrogen) atoms. The Balaban J connectivity index is 2.38. The van der Waals surface area contributed by atoms with Crippen molar-refractivity contribution >= 4 is 17.5 Å². The fraction of sp³-hybridized carbons (Fsp3) is 0.667. The number of carbonyl (C=O) groups is 1. The van der Waals surface area contributed by atoms with E-state index in [9.17, 15) is 4.79 Å². The first-order valence-electron chi connectivity index (χ1n) is 9.85. The fourth-order valence-corrected chi connectivity index (χ4v) is 3.02. The Kier molecular flexibility index (Phi) is 12.3. The van der Waals surface area contributed by atoms with Gasteiger partial charge in [-0.05, 0) is 44.1 Å². The second-order valence-electron chi connectivity index (χ2n) is 6.66. The lowest BCUT2D eigenvalue weighted by molar-refractivity contribution is -0.134. The summed E-state index contributed by atoms with van der Waals surface area (Å²) in [4.78, 5) is 16.8. The van der Waals surface area contributed by atoms with Crippen LogP contribution in [-0.2, 0) is 20.7 Å². The Labute approximate surface area is 169 Å². The minimum atomic E-state index is 0.0226. The van der Waals surface area contributed by atoms with E-state index in [1.807, 2.05) is 36.1 Å². The number of ether oxygens (including phenoxy) is 2. The predicted molar refractivity (Wildman–Crippen MR) is 111 cm³/mol. The first kappa shape index (κ1) is 23.9. The maximum Gasteiger partial charge on any atom is 0.225 e. The summed E-state index contributed by atoms with van der Waals surface area (Å²) in [6, 6.07) is 7.77. The summed E-state index contributed by atoms with van der Waals surface area (Å²) in [6.07, 6.45) is 1.21. The lowest BCUT2D eigenvalue weighted by atomic mass is 10.2. The third-order valence-corrected chi connectivity index (χ3v) is 4.93. The summed E-state index contributed by atoms with van der Waals surface area (Å²) in [7, 11) is 1.68. The molecule has 0 N–H and O–H groups in total. The van der Waals surface area contributed by atoms with Crippen molar-refractivity contribution in [3.8, 4) is 0 Å². The second-order valence-corrected chi connectivity index (χ2v) is 7.09. The van der Waals surface area contributed by atoms with Crippen molar-refractivity contribution in [1.29, 1.82) is 0 Å². The van der Waals surface area contributed by atoms with Gasteiger partial charge >= 0.3 is 0 Å². The smallest absolute Gasteiger partial charge is 0.225 e. The monoisotopic (exact) mass is 398 g/mol. The van der Waals surface area contributed by atoms with Crippen molar-refractivity contribution in [3.05, 3.63) is 34.9 Å². The number of halogens is 1. The van der Waals surface area contributed by atoms with Crippen LogP contribution in [0.5, 0.6) is 0 Å². The fourth-order valence-electron chi connectivity index (χ4n) is 2.81. The van der Waals surface area contributed by atoms with Gasteiger partial charge in [-0.2, -0.15) is 0 Å². The van der Waals surface area contributed by atoms with Crippen LogP contribution in [0.15, 0.2) is 24.3 Å². The van der Waals surface area contributed by atoms with Crippen LogP contribution in [0.25, 0.3) is 0 Å². The van der Waals surface area contributed by atoms with E-state index < -0.39 is 0 Å². The topological polar surface area (TPSA) is 42.0 Å². The molecule has 0 aliphatic heterocycles. The largest absolute Gasteiger partial charge is 0.381 e. The highest BCUT2D eigenvalue weighted by Crippen LogP contribution is 2.11. The Morgan fingerprint density at radius 2 is 1.93 bits per heavy atom. The molecular weight excluding hydrogens is 364 g/mol. The average Bonchev–Trinajstić information content (AvgIpc) is 2.67. The van der Waals surface area contributed by atoms with Gasteiger partial charge in [-0.3, -0.25) is 4.79 Å². The molecule has 0 radical (unpaired) electrons. The van der Waals surface area contributed by atoms with Gasteiger partial charge in [-0.15, -0.1) is 0 Å². The van der Waals surface area contributed by atoms with Crippen LogP contribution in [0.1, 0.15) is 32.8 Å². The van der Waals surface area contributed by atoms with Crippen molar-refractivity contribution in [2.24, 2.45) is 0 Å². The zero-order valence-electron chi connectivity index (χ0n) is 17.2. The zero-order chi connectivity index (χ0) is 20.1. The molecule has 5 nitrogen and oxygen atoms in total. The van der Waals surface area contributed by atoms with Gasteiger partial charge in [0.15, 0.2) is 0 Å². The molecule has 0 fully saturated rings. The van der Waals surface area contributed by atoms with Crippen molar-refractivity contribution < 1.29 is 14.3 Å². The second kappa shape index (κ2) is 13.9. The van der Waals surface area contributed by atoms with Crippen LogP contribution >= 0.6 is 11.6 Å². The number of likely N-dealkylation sites (N-methyl/N-ethyl adjacent to an activating group) is 1. The molecule has 6 heteroatoms. The summed E-state index contributed by atoms with van der Waals surface area (Å²) >= 11 is 5.98. The Morgan fingerprint density at radius 3 is 2.56 bits per heavy atom. The number of benzene rings is 1. The van der Waals surface area contributed by atoms with Gasteiger partial charge < -0.3 is 19.3 Å². The van der Waals surface area contributed by atoms with Gasteiger partial charge in [0, 0.05) is 31.8 Å². The molecule has 1 unspecified atom stereocenters. The SMILES string of the molecule is CCN(CC)CCN(CC(C)OC)C(=O)CCOCCc1cccc(Cl)c1. The molecule has 154 valence electrons. The van der Waals surface area contributed by atoms with Gasteiger partial charge in [-0.1, -0.05) is 37.6 Å². The molecule has 1 rings (SSSR count). The highest BCUT2D eigenvalue weighted by molar-refractivity contribution is 6.30. The Morgan fingerprint density at radius 1 is 1.19 bits per heavy atom. The summed E-state index contributed by atoms with van der Waals surface area (Å²) in [5, 5.41) is 0.735. The first-order chi connectivity index (χ1) is 13.0. The van der Waals surface area contributed by atoms with Crippen LogP contribution in [0.3, 0.4) is 0 Å². The Hall–Kier alpha value is -1.14. The van der Waals surface area contributed by atoms with Crippen LogP contribution in [0.4, 0.5) is 0 Å². The predicted octanol–water partition coefficient (Wildman–Crippen LogP) is 3.49. The molecule has 0 aromatic heterocycles. The number of hydrogen-bond acceptors (Lipinski definition) is 4. The molecular formula is C21H35ClN2O3. The van der Waals surface area contributed by atoms with E-state index in [0.717, 1.165) is 43.2 Å². The number of methoxy groups -OCH3 is 1. The van der Waals surface area contributed by atoms with E-state index in [0.29, 0.717) is 26.2 Å². The summed E-state index contributed by atoms with van der Waals surface area (Å²) < 4.78 is 11.0. The van der Waals surface area contributed by atoms with Gasteiger partial charge in [0.25, 0.3) is 0 Å². The minimum absolute atomic E-state index is 0.0226. The van der Waals surface area contributed by atoms with Crippen molar-refractivity contribution in [3.63, 3.8) is 0 Å². The van der Waals surface area contributed by atoms with E-state index in [1.165, 1.54) is 0 Å². The molecule has 0 aliphatic rings. The highest BCUT2D eigenvalue weighted by atomic mass is 35.5. The highest BCUT2D eigenvalue weighted by Gasteiger charge is 2.17. The molecule has 0 aliphatic carbocycles. The quantitative estimate of drug-likeness (QED) is 0.450. The van der Waals surface area contributed by atoms with Gasteiger partial charge in [0.2, 0.25) is 5.91 Å². The first-order valence-corrected chi connectivity index (χ1v) is 10.2. The van der Waals surface area contributed by atoms with Gasteiger partial charge in [-0.25, -0.2) is 0 Å². The van der Waals surface area contributed by atoms with E-state index in [2.05, 4.69) is 18.7 Å². The number of amides is 1. The van der Waals surface area contributed by atoms with E-state index in [4.69, 9.17) is 21.1 Å². The van der Waals surface area contributed by atoms with E-state index in [-0.39, 0.29) is 12.0 Å². The van der Waals surface area contributed by atoms with Gasteiger partial charge in [0.05, 0.1) is 25.7 Å². The zero-order valence-corrected chi connectivity index (χ0v) is 18.0. The molecule has 0 saturated heterocycles. The molecule has 1 atom stereocenters. The van der Waals surface area contributed by atoms with Crippen molar-refractivity contribution in [1.82, 2.24) is 9.80 Å². The number of rotatable bonds is 14. The third kappa shape index (κ3) is 10.1. The Bertz CT molecular complexity index is 538. The molecule has 1 amide bonds. The molecule has 0 saturated carbocycles. The molecule has 1 aromatic carbocycles. The molecule has 0 heterocycles. The van der Waals surface area contributed by atoms with E-state index >= 15 is 0 Å². The lowest BCUT2D eigenvalue weighted by Gasteiger charge is -2.28. The van der Waals surface area contributed by atoms with Crippen LogP contribution in [0, 0.1) is 0 Å². The molecule has 0 bridgehead atoms. The summed E-state index contributed by atoms with van der Waals surface area (Å²) in [5.74, 6) is 0.119. The molecule has 1 aromatic rings. The van der Waals surface area contributed by atoms with Crippen LogP contribution in [0.2, 0.25) is 5.02 Å². The van der Waals surface area contributed by atoms with Gasteiger partial charge in [0.1, 0.15) is 0 Å². The minimum Gasteiger partial charge on any atom is -0.381 e. The maximum atomic E-state index is 12.6. The van der Waals surface area contributed by atoms with E-state index in [1.54, 1.807) is 7.11 Å². The summed E-state index contributed by atoms with van der Waals surface area (Å²) in [6.45, 7) is 11.5.